The first kappa shape index (κ1) is 22.5. The molecule has 0 radical (unpaired) electrons. The van der Waals surface area contributed by atoms with Crippen LogP contribution in [-0.4, -0.2) is 57.0 Å². The predicted molar refractivity (Wildman–Crippen MR) is 113 cm³/mol. The van der Waals surface area contributed by atoms with Gasteiger partial charge in [-0.15, -0.1) is 0 Å². The van der Waals surface area contributed by atoms with Crippen molar-refractivity contribution in [1.29, 1.82) is 0 Å². The topological polar surface area (TPSA) is 105 Å². The fourth-order valence-electron chi connectivity index (χ4n) is 3.82. The van der Waals surface area contributed by atoms with E-state index in [2.05, 4.69) is 16.6 Å². The largest absolute Gasteiger partial charge is 0.374 e. The van der Waals surface area contributed by atoms with E-state index >= 15 is 0 Å². The highest BCUT2D eigenvalue weighted by Gasteiger charge is 2.25. The average molecular weight is 436 g/mol. The van der Waals surface area contributed by atoms with Gasteiger partial charge in [-0.3, -0.25) is 9.59 Å². The highest BCUT2D eigenvalue weighted by Crippen LogP contribution is 2.21. The molecule has 2 amide bonds. The monoisotopic (exact) mass is 435 g/mol. The minimum atomic E-state index is -3.57. The number of nitrogens with zero attached hydrogens (tertiary/aromatic N) is 1. The summed E-state index contributed by atoms with van der Waals surface area (Å²) in [5, 5.41) is 2.75. The molecule has 8 nitrogen and oxygen atoms in total. The molecule has 1 saturated heterocycles. The molecular formula is C21H29N3O5S. The number of hydrogen-bond acceptors (Lipinski definition) is 5. The van der Waals surface area contributed by atoms with Gasteiger partial charge in [-0.25, -0.2) is 13.1 Å². The Morgan fingerprint density at radius 2 is 1.87 bits per heavy atom. The summed E-state index contributed by atoms with van der Waals surface area (Å²) in [6.07, 6.45) is 5.94. The first-order valence-electron chi connectivity index (χ1n) is 10.3. The third-order valence-corrected chi connectivity index (χ3v) is 6.95. The van der Waals surface area contributed by atoms with Gasteiger partial charge in [0.2, 0.25) is 21.8 Å². The van der Waals surface area contributed by atoms with E-state index in [9.17, 15) is 18.0 Å². The first-order valence-corrected chi connectivity index (χ1v) is 11.8. The van der Waals surface area contributed by atoms with Crippen LogP contribution in [0.25, 0.3) is 0 Å². The molecule has 0 spiro atoms. The maximum atomic E-state index is 12.6. The van der Waals surface area contributed by atoms with Crippen LogP contribution in [0.1, 0.15) is 38.5 Å². The first-order chi connectivity index (χ1) is 14.4. The number of sulfonamides is 1. The van der Waals surface area contributed by atoms with Crippen molar-refractivity contribution in [1.82, 2.24) is 9.62 Å². The van der Waals surface area contributed by atoms with Crippen LogP contribution in [0.3, 0.4) is 0 Å². The van der Waals surface area contributed by atoms with Crippen LogP contribution < -0.4 is 10.0 Å². The Hall–Kier alpha value is -2.23. The van der Waals surface area contributed by atoms with Gasteiger partial charge in [-0.1, -0.05) is 25.8 Å². The predicted octanol–water partition coefficient (Wildman–Crippen LogP) is 2.04. The second-order valence-corrected chi connectivity index (χ2v) is 9.43. The minimum absolute atomic E-state index is 0.00819. The van der Waals surface area contributed by atoms with E-state index in [0.717, 1.165) is 32.1 Å². The summed E-state index contributed by atoms with van der Waals surface area (Å²) in [6.45, 7) is 4.66. The van der Waals surface area contributed by atoms with Crippen LogP contribution in [0.15, 0.2) is 41.8 Å². The summed E-state index contributed by atoms with van der Waals surface area (Å²) in [7, 11) is -3.57. The number of amides is 2. The normalized spacial score (nSPS) is 20.5. The van der Waals surface area contributed by atoms with Crippen LogP contribution in [0.2, 0.25) is 0 Å². The zero-order valence-corrected chi connectivity index (χ0v) is 17.8. The number of rotatable bonds is 7. The van der Waals surface area contributed by atoms with Crippen LogP contribution in [-0.2, 0) is 24.3 Å². The summed E-state index contributed by atoms with van der Waals surface area (Å²) >= 11 is 0. The van der Waals surface area contributed by atoms with E-state index in [1.807, 2.05) is 0 Å². The Balaban J connectivity index is 1.52. The molecular weight excluding hydrogens is 406 g/mol. The van der Waals surface area contributed by atoms with Gasteiger partial charge in [-0.2, -0.15) is 0 Å². The quantitative estimate of drug-likeness (QED) is 0.638. The summed E-state index contributed by atoms with van der Waals surface area (Å²) in [5.74, 6) is -0.439. The Labute approximate surface area is 177 Å². The Morgan fingerprint density at radius 1 is 1.17 bits per heavy atom. The summed E-state index contributed by atoms with van der Waals surface area (Å²) in [6, 6.07) is 6.11. The van der Waals surface area contributed by atoms with Gasteiger partial charge < -0.3 is 15.0 Å². The minimum Gasteiger partial charge on any atom is -0.374 e. The Morgan fingerprint density at radius 3 is 2.53 bits per heavy atom. The van der Waals surface area contributed by atoms with Gasteiger partial charge in [0.1, 0.15) is 0 Å². The lowest BCUT2D eigenvalue weighted by Crippen LogP contribution is -2.46. The molecule has 30 heavy (non-hydrogen) atoms. The third kappa shape index (κ3) is 6.13. The maximum Gasteiger partial charge on any atom is 0.246 e. The van der Waals surface area contributed by atoms with Crippen LogP contribution in [0.4, 0.5) is 5.69 Å². The van der Waals surface area contributed by atoms with Crippen LogP contribution >= 0.6 is 0 Å². The zero-order chi connectivity index (χ0) is 21.6. The van der Waals surface area contributed by atoms with Crippen molar-refractivity contribution < 1.29 is 22.7 Å². The fraction of sp³-hybridized carbons (Fsp3) is 0.524. The standard InChI is InChI=1S/C21H29N3O5S/c1-2-21(26)24-12-13-29-18(15-24)14-20(25)22-16-8-10-19(11-9-16)30(27,28)23-17-6-4-3-5-7-17/h2,8-11,17-18,23H,1,3-7,12-15H2,(H,22,25)/t18-/m1/s1. The van der Waals surface area contributed by atoms with Crippen LogP contribution in [0.5, 0.6) is 0 Å². The summed E-state index contributed by atoms with van der Waals surface area (Å²) < 4.78 is 33.4. The van der Waals surface area contributed by atoms with Gasteiger partial charge in [0, 0.05) is 24.8 Å². The number of morpholine rings is 1. The fourth-order valence-corrected chi connectivity index (χ4v) is 5.12. The molecule has 1 heterocycles. The lowest BCUT2D eigenvalue weighted by molar-refractivity contribution is -0.136. The molecule has 9 heteroatoms. The van der Waals surface area contributed by atoms with Gasteiger partial charge in [-0.05, 0) is 43.2 Å². The molecule has 1 aromatic rings. The Kier molecular flexibility index (Phi) is 7.63. The third-order valence-electron chi connectivity index (χ3n) is 5.41. The number of carbonyl (C=O) groups is 2. The second kappa shape index (κ2) is 10.2. The number of nitrogens with one attached hydrogen (secondary N) is 2. The van der Waals surface area contributed by atoms with Gasteiger partial charge in [0.25, 0.3) is 0 Å². The van der Waals surface area contributed by atoms with E-state index in [1.54, 1.807) is 17.0 Å². The molecule has 1 aliphatic heterocycles. The maximum absolute atomic E-state index is 12.6. The van der Waals surface area contributed by atoms with E-state index in [1.165, 1.54) is 18.2 Å². The molecule has 1 aromatic carbocycles. The van der Waals surface area contributed by atoms with Gasteiger partial charge >= 0.3 is 0 Å². The van der Waals surface area contributed by atoms with Crippen molar-refractivity contribution in [2.24, 2.45) is 0 Å². The van der Waals surface area contributed by atoms with Crippen molar-refractivity contribution in [3.63, 3.8) is 0 Å². The molecule has 0 aromatic heterocycles. The summed E-state index contributed by atoms with van der Waals surface area (Å²) in [5.41, 5.74) is 0.506. The van der Waals surface area contributed by atoms with Crippen molar-refractivity contribution in [2.75, 3.05) is 25.0 Å². The molecule has 2 fully saturated rings. The van der Waals surface area contributed by atoms with Crippen molar-refractivity contribution >= 4 is 27.5 Å². The van der Waals surface area contributed by atoms with Crippen molar-refractivity contribution in [3.8, 4) is 0 Å². The smallest absolute Gasteiger partial charge is 0.246 e. The van der Waals surface area contributed by atoms with Crippen molar-refractivity contribution in [3.05, 3.63) is 36.9 Å². The molecule has 1 atom stereocenters. The zero-order valence-electron chi connectivity index (χ0n) is 17.0. The lowest BCUT2D eigenvalue weighted by Gasteiger charge is -2.32. The van der Waals surface area contributed by atoms with Gasteiger partial charge in [0.15, 0.2) is 0 Å². The second-order valence-electron chi connectivity index (χ2n) is 7.71. The highest BCUT2D eigenvalue weighted by molar-refractivity contribution is 7.89. The van der Waals surface area contributed by atoms with Crippen LogP contribution in [0, 0.1) is 0 Å². The molecule has 1 saturated carbocycles. The molecule has 1 aliphatic carbocycles. The van der Waals surface area contributed by atoms with E-state index in [0.29, 0.717) is 25.4 Å². The molecule has 2 aliphatic rings. The molecule has 164 valence electrons. The number of anilines is 1. The highest BCUT2D eigenvalue weighted by atomic mass is 32.2. The lowest BCUT2D eigenvalue weighted by atomic mass is 9.96. The van der Waals surface area contributed by atoms with E-state index in [-0.39, 0.29) is 35.3 Å². The Bertz CT molecular complexity index is 863. The average Bonchev–Trinajstić information content (AvgIpc) is 2.74. The number of benzene rings is 1. The summed E-state index contributed by atoms with van der Waals surface area (Å²) in [4.78, 5) is 25.8. The van der Waals surface area contributed by atoms with E-state index in [4.69, 9.17) is 4.74 Å². The van der Waals surface area contributed by atoms with Gasteiger partial charge in [0.05, 0.1) is 24.0 Å². The van der Waals surface area contributed by atoms with E-state index < -0.39 is 10.0 Å². The molecule has 3 rings (SSSR count). The molecule has 2 N–H and O–H groups in total. The van der Waals surface area contributed by atoms with Crippen molar-refractivity contribution in [2.45, 2.75) is 55.6 Å². The number of ether oxygens (including phenoxy) is 1. The molecule has 0 bridgehead atoms. The molecule has 0 unspecified atom stereocenters. The number of carbonyl (C=O) groups excluding carboxylic acids is 2. The SMILES string of the molecule is C=CC(=O)N1CCO[C@H](CC(=O)Nc2ccc(S(=O)(=O)NC3CCCCC3)cc2)C1. The number of hydrogen-bond donors (Lipinski definition) is 2.